The van der Waals surface area contributed by atoms with E-state index in [1.54, 1.807) is 17.1 Å². The number of allylic oxidation sites excluding steroid dienone is 4. The number of amides is 1. The maximum absolute atomic E-state index is 11.6. The van der Waals surface area contributed by atoms with Gasteiger partial charge in [-0.25, -0.2) is 0 Å². The molecule has 0 atom stereocenters. The Balaban J connectivity index is 3.33. The van der Waals surface area contributed by atoms with Crippen molar-refractivity contribution in [3.05, 3.63) is 65.9 Å². The van der Waals surface area contributed by atoms with Gasteiger partial charge in [-0.05, 0) is 36.6 Å². The molecule has 1 N–H and O–H groups in total. The minimum Gasteiger partial charge on any atom is -0.392 e. The molecule has 0 aromatic heterocycles. The quantitative estimate of drug-likeness (QED) is 0.584. The number of aliphatic hydroxyl groups excluding tert-OH is 1. The van der Waals surface area contributed by atoms with E-state index in [-0.39, 0.29) is 6.61 Å². The summed E-state index contributed by atoms with van der Waals surface area (Å²) in [6, 6.07) is 5.74. The zero-order valence-corrected chi connectivity index (χ0v) is 12.7. The highest BCUT2D eigenvalue weighted by Crippen LogP contribution is 2.26. The smallest absolute Gasteiger partial charge is 0.218 e. The second kappa shape index (κ2) is 8.93. The summed E-state index contributed by atoms with van der Waals surface area (Å²) in [5.74, 6) is 0. The summed E-state index contributed by atoms with van der Waals surface area (Å²) >= 11 is 0. The summed E-state index contributed by atoms with van der Waals surface area (Å²) in [6.07, 6.45) is 9.85. The van der Waals surface area contributed by atoms with E-state index in [2.05, 4.69) is 13.5 Å². The predicted molar refractivity (Wildman–Crippen MR) is 88.0 cm³/mol. The Labute approximate surface area is 126 Å². The molecular weight excluding hydrogens is 262 g/mol. The third kappa shape index (κ3) is 4.43. The Hall–Kier alpha value is -2.13. The van der Waals surface area contributed by atoms with Crippen LogP contribution >= 0.6 is 0 Å². The lowest BCUT2D eigenvalue weighted by atomic mass is 10.0. The lowest BCUT2D eigenvalue weighted by Crippen LogP contribution is -2.21. The summed E-state index contributed by atoms with van der Waals surface area (Å²) in [5.41, 5.74) is 3.48. The van der Waals surface area contributed by atoms with E-state index in [4.69, 9.17) is 0 Å². The second-order valence-electron chi connectivity index (χ2n) is 4.65. The van der Waals surface area contributed by atoms with E-state index in [0.717, 1.165) is 41.8 Å². The number of rotatable bonds is 8. The highest BCUT2D eigenvalue weighted by Gasteiger charge is 2.13. The average molecular weight is 285 g/mol. The largest absolute Gasteiger partial charge is 0.392 e. The molecule has 0 saturated carbocycles. The molecule has 3 nitrogen and oxygen atoms in total. The Morgan fingerprint density at radius 3 is 2.71 bits per heavy atom. The van der Waals surface area contributed by atoms with Crippen LogP contribution in [0.25, 0.3) is 0 Å². The number of hydrogen-bond acceptors (Lipinski definition) is 2. The highest BCUT2D eigenvalue weighted by atomic mass is 16.3. The number of carbonyl (C=O) groups is 1. The van der Waals surface area contributed by atoms with Gasteiger partial charge in [0.15, 0.2) is 0 Å². The van der Waals surface area contributed by atoms with Crippen molar-refractivity contribution in [1.29, 1.82) is 0 Å². The molecular formula is C18H23NO2. The van der Waals surface area contributed by atoms with Crippen molar-refractivity contribution in [2.75, 3.05) is 4.90 Å². The van der Waals surface area contributed by atoms with Crippen LogP contribution in [0, 0.1) is 0 Å². The SMILES string of the molecule is C=C/C=C\C(=C/C)N(C=O)c1cc(CO)ccc1CCC. The summed E-state index contributed by atoms with van der Waals surface area (Å²) in [5, 5.41) is 9.33. The van der Waals surface area contributed by atoms with Crippen LogP contribution in [0.2, 0.25) is 0 Å². The van der Waals surface area contributed by atoms with Gasteiger partial charge in [-0.1, -0.05) is 50.3 Å². The molecule has 0 unspecified atom stereocenters. The molecule has 0 fully saturated rings. The molecule has 0 aliphatic rings. The monoisotopic (exact) mass is 285 g/mol. The Bertz CT molecular complexity index is 544. The van der Waals surface area contributed by atoms with Crippen LogP contribution in [-0.4, -0.2) is 11.5 Å². The van der Waals surface area contributed by atoms with Crippen molar-refractivity contribution >= 4 is 12.1 Å². The van der Waals surface area contributed by atoms with Crippen LogP contribution in [0.15, 0.2) is 54.8 Å². The van der Waals surface area contributed by atoms with Crippen LogP contribution < -0.4 is 4.90 Å². The third-order valence-electron chi connectivity index (χ3n) is 3.19. The number of carbonyl (C=O) groups excluding carboxylic acids is 1. The fourth-order valence-electron chi connectivity index (χ4n) is 2.15. The maximum atomic E-state index is 11.6. The van der Waals surface area contributed by atoms with E-state index in [1.807, 2.05) is 37.3 Å². The molecule has 112 valence electrons. The zero-order chi connectivity index (χ0) is 15.7. The van der Waals surface area contributed by atoms with Crippen LogP contribution in [-0.2, 0) is 17.8 Å². The minimum atomic E-state index is -0.0419. The number of anilines is 1. The van der Waals surface area contributed by atoms with Crippen molar-refractivity contribution in [2.45, 2.75) is 33.3 Å². The van der Waals surface area contributed by atoms with Gasteiger partial charge in [0.1, 0.15) is 0 Å². The van der Waals surface area contributed by atoms with Crippen LogP contribution in [0.5, 0.6) is 0 Å². The number of aryl methyl sites for hydroxylation is 1. The molecule has 0 aliphatic carbocycles. The molecule has 1 aromatic carbocycles. The summed E-state index contributed by atoms with van der Waals surface area (Å²) < 4.78 is 0. The first-order chi connectivity index (χ1) is 10.2. The molecule has 0 saturated heterocycles. The molecule has 0 bridgehead atoms. The van der Waals surface area contributed by atoms with E-state index in [0.29, 0.717) is 0 Å². The van der Waals surface area contributed by atoms with E-state index in [1.165, 1.54) is 0 Å². The van der Waals surface area contributed by atoms with Gasteiger partial charge in [0, 0.05) is 5.70 Å². The van der Waals surface area contributed by atoms with Crippen molar-refractivity contribution in [2.24, 2.45) is 0 Å². The minimum absolute atomic E-state index is 0.0419. The lowest BCUT2D eigenvalue weighted by Gasteiger charge is -2.22. The van der Waals surface area contributed by atoms with Crippen molar-refractivity contribution in [3.63, 3.8) is 0 Å². The van der Waals surface area contributed by atoms with Crippen LogP contribution in [0.3, 0.4) is 0 Å². The molecule has 1 amide bonds. The van der Waals surface area contributed by atoms with Gasteiger partial charge in [0.2, 0.25) is 6.41 Å². The summed E-state index contributed by atoms with van der Waals surface area (Å²) in [7, 11) is 0. The highest BCUT2D eigenvalue weighted by molar-refractivity contribution is 5.83. The number of benzene rings is 1. The number of aliphatic hydroxyl groups is 1. The molecule has 1 rings (SSSR count). The predicted octanol–water partition coefficient (Wildman–Crippen LogP) is 3.74. The molecule has 0 aliphatic heterocycles. The first-order valence-corrected chi connectivity index (χ1v) is 7.14. The first-order valence-electron chi connectivity index (χ1n) is 7.14. The van der Waals surface area contributed by atoms with Crippen LogP contribution in [0.4, 0.5) is 5.69 Å². The van der Waals surface area contributed by atoms with E-state index < -0.39 is 0 Å². The molecule has 1 aromatic rings. The van der Waals surface area contributed by atoms with E-state index >= 15 is 0 Å². The third-order valence-corrected chi connectivity index (χ3v) is 3.19. The molecule has 0 heterocycles. The van der Waals surface area contributed by atoms with Crippen molar-refractivity contribution < 1.29 is 9.90 Å². The summed E-state index contributed by atoms with van der Waals surface area (Å²) in [6.45, 7) is 7.59. The van der Waals surface area contributed by atoms with Crippen LogP contribution in [0.1, 0.15) is 31.4 Å². The standard InChI is InChI=1S/C18H23NO2/c1-4-7-9-17(6-3)19(14-21)18-12-15(13-20)10-11-16(18)8-5-2/h4,6-7,9-12,14,20H,1,5,8,13H2,2-3H3/b9-7-,17-6+. The topological polar surface area (TPSA) is 40.5 Å². The van der Waals surface area contributed by atoms with Crippen molar-refractivity contribution in [3.8, 4) is 0 Å². The zero-order valence-electron chi connectivity index (χ0n) is 12.7. The number of nitrogens with zero attached hydrogens (tertiary/aromatic N) is 1. The first kappa shape index (κ1) is 16.9. The number of hydrogen-bond donors (Lipinski definition) is 1. The fraction of sp³-hybridized carbons (Fsp3) is 0.278. The molecule has 3 heteroatoms. The molecule has 0 spiro atoms. The van der Waals surface area contributed by atoms with Gasteiger partial charge >= 0.3 is 0 Å². The normalized spacial score (nSPS) is 11.7. The molecule has 0 radical (unpaired) electrons. The van der Waals surface area contributed by atoms with Gasteiger partial charge < -0.3 is 5.11 Å². The lowest BCUT2D eigenvalue weighted by molar-refractivity contribution is -0.107. The Morgan fingerprint density at radius 1 is 1.43 bits per heavy atom. The van der Waals surface area contributed by atoms with Gasteiger partial charge in [-0.3, -0.25) is 9.69 Å². The van der Waals surface area contributed by atoms with Crippen molar-refractivity contribution in [1.82, 2.24) is 0 Å². The van der Waals surface area contributed by atoms with Gasteiger partial charge in [0.05, 0.1) is 12.3 Å². The fourth-order valence-corrected chi connectivity index (χ4v) is 2.15. The Kier molecular flexibility index (Phi) is 7.19. The Morgan fingerprint density at radius 2 is 2.19 bits per heavy atom. The average Bonchev–Trinajstić information content (AvgIpc) is 2.52. The maximum Gasteiger partial charge on any atom is 0.218 e. The van der Waals surface area contributed by atoms with E-state index in [9.17, 15) is 9.90 Å². The van der Waals surface area contributed by atoms with Gasteiger partial charge in [-0.2, -0.15) is 0 Å². The van der Waals surface area contributed by atoms with Gasteiger partial charge in [0.25, 0.3) is 0 Å². The van der Waals surface area contributed by atoms with Gasteiger partial charge in [-0.15, -0.1) is 0 Å². The second-order valence-corrected chi connectivity index (χ2v) is 4.65. The molecule has 21 heavy (non-hydrogen) atoms. The summed E-state index contributed by atoms with van der Waals surface area (Å²) in [4.78, 5) is 13.2.